The fourth-order valence-corrected chi connectivity index (χ4v) is 4.62. The number of benzene rings is 3. The highest BCUT2D eigenvalue weighted by atomic mass is 19.1. The maximum atomic E-state index is 15.1. The number of rotatable bonds is 6. The van der Waals surface area contributed by atoms with E-state index in [1.807, 2.05) is 30.3 Å². The second-order valence-electron chi connectivity index (χ2n) is 9.96. The van der Waals surface area contributed by atoms with Gasteiger partial charge < -0.3 is 15.0 Å². The van der Waals surface area contributed by atoms with Gasteiger partial charge in [-0.2, -0.15) is 0 Å². The van der Waals surface area contributed by atoms with Crippen LogP contribution in [0.1, 0.15) is 43.5 Å². The Balaban J connectivity index is 1.89. The molecule has 3 aromatic rings. The first-order valence-corrected chi connectivity index (χ1v) is 11.8. The van der Waals surface area contributed by atoms with Crippen molar-refractivity contribution in [3.8, 4) is 0 Å². The fourth-order valence-electron chi connectivity index (χ4n) is 4.62. The zero-order valence-corrected chi connectivity index (χ0v) is 20.8. The van der Waals surface area contributed by atoms with Gasteiger partial charge in [0, 0.05) is 16.2 Å². The molecule has 0 aromatic heterocycles. The first kappa shape index (κ1) is 25.8. The summed E-state index contributed by atoms with van der Waals surface area (Å²) in [6.45, 7) is 4.97. The predicted molar refractivity (Wildman–Crippen MR) is 136 cm³/mol. The quantitative estimate of drug-likeness (QED) is 0.367. The Labute approximate surface area is 214 Å². The Morgan fingerprint density at radius 2 is 1.70 bits per heavy atom. The van der Waals surface area contributed by atoms with Crippen LogP contribution in [0.2, 0.25) is 0 Å². The highest BCUT2D eigenvalue weighted by Crippen LogP contribution is 2.42. The van der Waals surface area contributed by atoms with E-state index in [0.717, 1.165) is 11.6 Å². The summed E-state index contributed by atoms with van der Waals surface area (Å²) >= 11 is 0. The highest BCUT2D eigenvalue weighted by molar-refractivity contribution is 6.03. The van der Waals surface area contributed by atoms with Gasteiger partial charge in [0.1, 0.15) is 17.5 Å². The minimum Gasteiger partial charge on any atom is -0.444 e. The normalized spacial score (nSPS) is 18.1. The molecule has 1 aliphatic heterocycles. The van der Waals surface area contributed by atoms with Crippen LogP contribution < -0.4 is 10.2 Å². The Morgan fingerprint density at radius 3 is 2.35 bits per heavy atom. The summed E-state index contributed by atoms with van der Waals surface area (Å²) in [6, 6.07) is 19.7. The Kier molecular flexibility index (Phi) is 6.98. The van der Waals surface area contributed by atoms with Crippen molar-refractivity contribution < 1.29 is 23.6 Å². The minimum absolute atomic E-state index is 0.0582. The van der Waals surface area contributed by atoms with Crippen LogP contribution in [0.3, 0.4) is 0 Å². The number of amides is 2. The van der Waals surface area contributed by atoms with Gasteiger partial charge in [-0.25, -0.2) is 9.18 Å². The molecule has 1 N–H and O–H groups in total. The van der Waals surface area contributed by atoms with Gasteiger partial charge in [-0.15, -0.1) is 0 Å². The number of nitrogens with one attached hydrogen (secondary N) is 1. The lowest BCUT2D eigenvalue weighted by atomic mass is 9.76. The van der Waals surface area contributed by atoms with Crippen LogP contribution in [-0.4, -0.2) is 28.1 Å². The molecule has 0 radical (unpaired) electrons. The maximum Gasteiger partial charge on any atom is 0.408 e. The van der Waals surface area contributed by atoms with Gasteiger partial charge in [0.2, 0.25) is 0 Å². The van der Waals surface area contributed by atoms with Crippen LogP contribution in [0.25, 0.3) is 0 Å². The molecule has 4 rings (SSSR count). The summed E-state index contributed by atoms with van der Waals surface area (Å²) in [6.07, 6.45) is -1.35. The molecular formula is C28H28FN3O5. The molecule has 0 bridgehead atoms. The van der Waals surface area contributed by atoms with Crippen molar-refractivity contribution >= 4 is 17.7 Å². The molecule has 37 heavy (non-hydrogen) atoms. The fraction of sp³-hybridized carbons (Fsp3) is 0.286. The van der Waals surface area contributed by atoms with Crippen molar-refractivity contribution in [3.63, 3.8) is 0 Å². The molecule has 0 fully saturated rings. The van der Waals surface area contributed by atoms with E-state index in [9.17, 15) is 19.7 Å². The molecule has 192 valence electrons. The largest absolute Gasteiger partial charge is 0.444 e. The zero-order chi connectivity index (χ0) is 26.8. The van der Waals surface area contributed by atoms with E-state index < -0.39 is 39.9 Å². The standard InChI is InChI=1S/C28H28FN3O5/c1-27(2,3)37-26(34)30-24(21-14-8-9-15-22(21)29)28(32(35)36)17-20-13-7-10-16-23(20)31(25(28)33)18-19-11-5-4-6-12-19/h4-16,24H,17-18H2,1-3H3,(H,30,34)/t24-,28-/m0/s1. The van der Waals surface area contributed by atoms with Gasteiger partial charge >= 0.3 is 17.5 Å². The number of hydrogen-bond acceptors (Lipinski definition) is 5. The molecule has 3 aromatic carbocycles. The third-order valence-corrected chi connectivity index (χ3v) is 6.22. The van der Waals surface area contributed by atoms with Gasteiger partial charge in [-0.05, 0) is 44.0 Å². The molecule has 0 saturated heterocycles. The number of nitro groups is 1. The smallest absolute Gasteiger partial charge is 0.408 e. The lowest BCUT2D eigenvalue weighted by molar-refractivity contribution is -0.558. The van der Waals surface area contributed by atoms with Crippen LogP contribution in [0.4, 0.5) is 14.9 Å². The zero-order valence-electron chi connectivity index (χ0n) is 20.8. The van der Waals surface area contributed by atoms with Crippen LogP contribution in [0.15, 0.2) is 78.9 Å². The third-order valence-electron chi connectivity index (χ3n) is 6.22. The van der Waals surface area contributed by atoms with Crippen LogP contribution >= 0.6 is 0 Å². The molecule has 0 saturated carbocycles. The second-order valence-corrected chi connectivity index (χ2v) is 9.96. The van der Waals surface area contributed by atoms with Crippen molar-refractivity contribution in [3.05, 3.63) is 111 Å². The van der Waals surface area contributed by atoms with E-state index in [-0.39, 0.29) is 18.5 Å². The average Bonchev–Trinajstić information content (AvgIpc) is 2.84. The number of nitrogens with zero attached hydrogens (tertiary/aromatic N) is 2. The number of alkyl carbamates (subject to hydrolysis) is 1. The molecule has 2 amide bonds. The van der Waals surface area contributed by atoms with Crippen molar-refractivity contribution in [1.82, 2.24) is 5.32 Å². The molecule has 8 nitrogen and oxygen atoms in total. The number of fused-ring (bicyclic) bond motifs is 1. The summed E-state index contributed by atoms with van der Waals surface area (Å²) in [7, 11) is 0. The highest BCUT2D eigenvalue weighted by Gasteiger charge is 2.63. The monoisotopic (exact) mass is 505 g/mol. The molecule has 0 unspecified atom stereocenters. The molecule has 0 aliphatic carbocycles. The minimum atomic E-state index is -2.44. The lowest BCUT2D eigenvalue weighted by Gasteiger charge is -2.41. The van der Waals surface area contributed by atoms with Crippen molar-refractivity contribution in [2.24, 2.45) is 0 Å². The number of para-hydroxylation sites is 1. The summed E-state index contributed by atoms with van der Waals surface area (Å²) < 4.78 is 20.5. The summed E-state index contributed by atoms with van der Waals surface area (Å²) in [5.74, 6) is -1.64. The lowest BCUT2D eigenvalue weighted by Crippen LogP contribution is -2.65. The van der Waals surface area contributed by atoms with Crippen LogP contribution in [0.5, 0.6) is 0 Å². The van der Waals surface area contributed by atoms with Crippen LogP contribution in [-0.2, 0) is 22.5 Å². The van der Waals surface area contributed by atoms with E-state index in [2.05, 4.69) is 5.32 Å². The van der Waals surface area contributed by atoms with E-state index in [1.165, 1.54) is 23.1 Å². The number of anilines is 1. The first-order valence-electron chi connectivity index (χ1n) is 11.8. The van der Waals surface area contributed by atoms with Crippen LogP contribution in [0, 0.1) is 15.9 Å². The van der Waals surface area contributed by atoms with Crippen molar-refractivity contribution in [1.29, 1.82) is 0 Å². The van der Waals surface area contributed by atoms with Gasteiger partial charge in [0.05, 0.1) is 13.0 Å². The van der Waals surface area contributed by atoms with Gasteiger partial charge in [-0.1, -0.05) is 66.7 Å². The number of carbonyl (C=O) groups is 2. The number of halogens is 1. The summed E-state index contributed by atoms with van der Waals surface area (Å²) in [5, 5.41) is 15.4. The van der Waals surface area contributed by atoms with Gasteiger partial charge in [-0.3, -0.25) is 14.9 Å². The molecule has 1 aliphatic rings. The van der Waals surface area contributed by atoms with E-state index in [1.54, 1.807) is 45.0 Å². The number of ether oxygens (including phenoxy) is 1. The first-order chi connectivity index (χ1) is 17.5. The van der Waals surface area contributed by atoms with Crippen molar-refractivity contribution in [2.45, 2.75) is 50.9 Å². The number of hydrogen-bond donors (Lipinski definition) is 1. The van der Waals surface area contributed by atoms with Gasteiger partial charge in [0.15, 0.2) is 0 Å². The van der Waals surface area contributed by atoms with E-state index >= 15 is 4.39 Å². The Morgan fingerprint density at radius 1 is 1.08 bits per heavy atom. The topological polar surface area (TPSA) is 102 Å². The third kappa shape index (κ3) is 5.16. The summed E-state index contributed by atoms with van der Waals surface area (Å²) in [5.41, 5.74) is -1.73. The molecular weight excluding hydrogens is 477 g/mol. The average molecular weight is 506 g/mol. The van der Waals surface area contributed by atoms with E-state index in [0.29, 0.717) is 11.3 Å². The predicted octanol–water partition coefficient (Wildman–Crippen LogP) is 5.20. The molecule has 0 spiro atoms. The van der Waals surface area contributed by atoms with Gasteiger partial charge in [0.25, 0.3) is 0 Å². The summed E-state index contributed by atoms with van der Waals surface area (Å²) in [4.78, 5) is 40.7. The second kappa shape index (κ2) is 10.0. The Bertz CT molecular complexity index is 1320. The Hall–Kier alpha value is -4.27. The van der Waals surface area contributed by atoms with Crippen molar-refractivity contribution in [2.75, 3.05) is 4.90 Å². The molecule has 2 atom stereocenters. The SMILES string of the molecule is CC(C)(C)OC(=O)N[C@@H](c1ccccc1F)[C@@]1([N+](=O)[O-])Cc2ccccc2N(Cc2ccccc2)C1=O. The number of carbonyl (C=O) groups excluding carboxylic acids is 2. The van der Waals surface area contributed by atoms with E-state index in [4.69, 9.17) is 4.74 Å². The molecule has 1 heterocycles. The maximum absolute atomic E-state index is 15.1. The molecule has 9 heteroatoms.